The van der Waals surface area contributed by atoms with Gasteiger partial charge in [-0.3, -0.25) is 13.9 Å². The standard InChI is InChI=1S/C20H20N4O4S/c25-19(13-17-15-6-2-3-7-16(15)20(26)23-22-17)21-10-12-29(27,28)24-11-9-14-5-1-4-8-18(14)24/h1-8H,9-13H2,(H,21,25)(H,23,26). The van der Waals surface area contributed by atoms with E-state index < -0.39 is 10.0 Å². The molecule has 0 spiro atoms. The number of nitrogens with zero attached hydrogens (tertiary/aromatic N) is 2. The first kappa shape index (κ1) is 19.1. The molecule has 2 N–H and O–H groups in total. The lowest BCUT2D eigenvalue weighted by molar-refractivity contribution is -0.120. The van der Waals surface area contributed by atoms with E-state index in [1.807, 2.05) is 18.2 Å². The van der Waals surface area contributed by atoms with E-state index in [0.29, 0.717) is 35.1 Å². The maximum absolute atomic E-state index is 12.7. The first-order chi connectivity index (χ1) is 14.0. The monoisotopic (exact) mass is 412 g/mol. The van der Waals surface area contributed by atoms with Gasteiger partial charge in [-0.2, -0.15) is 5.10 Å². The van der Waals surface area contributed by atoms with Crippen LogP contribution in [0.1, 0.15) is 11.3 Å². The maximum Gasteiger partial charge on any atom is 0.272 e. The second-order valence-corrected chi connectivity index (χ2v) is 8.85. The van der Waals surface area contributed by atoms with Crippen LogP contribution in [0.2, 0.25) is 0 Å². The lowest BCUT2D eigenvalue weighted by Crippen LogP contribution is -2.37. The number of anilines is 1. The van der Waals surface area contributed by atoms with Gasteiger partial charge in [0.15, 0.2) is 0 Å². The van der Waals surface area contributed by atoms with Crippen LogP contribution >= 0.6 is 0 Å². The van der Waals surface area contributed by atoms with E-state index >= 15 is 0 Å². The summed E-state index contributed by atoms with van der Waals surface area (Å²) in [6, 6.07) is 14.3. The summed E-state index contributed by atoms with van der Waals surface area (Å²) in [6.45, 7) is 0.421. The van der Waals surface area contributed by atoms with Crippen molar-refractivity contribution in [3.05, 3.63) is 70.1 Å². The number of rotatable bonds is 6. The number of fused-ring (bicyclic) bond motifs is 2. The van der Waals surface area contributed by atoms with Crippen LogP contribution in [0.15, 0.2) is 53.3 Å². The molecule has 0 saturated carbocycles. The van der Waals surface area contributed by atoms with Gasteiger partial charge in [0.25, 0.3) is 5.56 Å². The van der Waals surface area contributed by atoms with Crippen LogP contribution in [0, 0.1) is 0 Å². The smallest absolute Gasteiger partial charge is 0.272 e. The molecular formula is C20H20N4O4S. The fraction of sp³-hybridized carbons (Fsp3) is 0.250. The molecule has 0 bridgehead atoms. The Bertz CT molecular complexity index is 1240. The Labute approximate surface area is 167 Å². The normalized spacial score (nSPS) is 13.4. The van der Waals surface area contributed by atoms with Gasteiger partial charge in [-0.05, 0) is 24.1 Å². The third kappa shape index (κ3) is 3.86. The summed E-state index contributed by atoms with van der Waals surface area (Å²) in [6.07, 6.45) is 0.636. The van der Waals surface area contributed by atoms with E-state index in [0.717, 1.165) is 5.56 Å². The molecule has 3 aromatic rings. The van der Waals surface area contributed by atoms with Crippen LogP contribution in [0.3, 0.4) is 0 Å². The number of H-pyrrole nitrogens is 1. The summed E-state index contributed by atoms with van der Waals surface area (Å²) >= 11 is 0. The Balaban J connectivity index is 1.39. The number of para-hydroxylation sites is 1. The molecule has 1 amide bonds. The predicted molar refractivity (Wildman–Crippen MR) is 110 cm³/mol. The average molecular weight is 412 g/mol. The molecular weight excluding hydrogens is 392 g/mol. The van der Waals surface area contributed by atoms with E-state index in [-0.39, 0.29) is 30.2 Å². The fourth-order valence-corrected chi connectivity index (χ4v) is 4.97. The zero-order valence-electron chi connectivity index (χ0n) is 15.6. The zero-order chi connectivity index (χ0) is 20.4. The van der Waals surface area contributed by atoms with Gasteiger partial charge >= 0.3 is 0 Å². The van der Waals surface area contributed by atoms with Gasteiger partial charge in [-0.15, -0.1) is 0 Å². The zero-order valence-corrected chi connectivity index (χ0v) is 16.4. The van der Waals surface area contributed by atoms with Crippen molar-refractivity contribution in [2.75, 3.05) is 23.1 Å². The second-order valence-electron chi connectivity index (χ2n) is 6.84. The summed E-state index contributed by atoms with van der Waals surface area (Å²) in [5.41, 5.74) is 1.84. The van der Waals surface area contributed by atoms with Crippen molar-refractivity contribution < 1.29 is 13.2 Å². The van der Waals surface area contributed by atoms with E-state index in [2.05, 4.69) is 15.5 Å². The van der Waals surface area contributed by atoms with Crippen molar-refractivity contribution >= 4 is 32.4 Å². The minimum absolute atomic E-state index is 0.00111. The highest BCUT2D eigenvalue weighted by molar-refractivity contribution is 7.92. The molecule has 29 heavy (non-hydrogen) atoms. The van der Waals surface area contributed by atoms with Gasteiger partial charge in [0.2, 0.25) is 15.9 Å². The van der Waals surface area contributed by atoms with Gasteiger partial charge < -0.3 is 5.32 Å². The van der Waals surface area contributed by atoms with Crippen molar-refractivity contribution in [3.63, 3.8) is 0 Å². The van der Waals surface area contributed by atoms with Crippen molar-refractivity contribution in [1.82, 2.24) is 15.5 Å². The summed E-state index contributed by atoms with van der Waals surface area (Å²) < 4.78 is 26.7. The molecule has 9 heteroatoms. The first-order valence-electron chi connectivity index (χ1n) is 9.27. The molecule has 0 radical (unpaired) electrons. The Hall–Kier alpha value is -3.20. The topological polar surface area (TPSA) is 112 Å². The molecule has 0 saturated heterocycles. The Kier molecular flexibility index (Phi) is 5.06. The van der Waals surface area contributed by atoms with Crippen LogP contribution in [-0.4, -0.2) is 43.4 Å². The fourth-order valence-electron chi connectivity index (χ4n) is 3.55. The number of aromatic amines is 1. The van der Waals surface area contributed by atoms with Crippen LogP contribution in [0.5, 0.6) is 0 Å². The molecule has 2 aromatic carbocycles. The van der Waals surface area contributed by atoms with Crippen LogP contribution in [0.4, 0.5) is 5.69 Å². The number of hydrogen-bond acceptors (Lipinski definition) is 5. The lowest BCUT2D eigenvalue weighted by Gasteiger charge is -2.19. The number of amides is 1. The number of hydrogen-bond donors (Lipinski definition) is 2. The van der Waals surface area contributed by atoms with Gasteiger partial charge in [-0.25, -0.2) is 13.5 Å². The molecule has 1 aliphatic heterocycles. The SMILES string of the molecule is O=C(Cc1n[nH]c(=O)c2ccccc12)NCCS(=O)(=O)N1CCc2ccccc21. The van der Waals surface area contributed by atoms with Gasteiger partial charge in [0, 0.05) is 18.5 Å². The molecule has 0 fully saturated rings. The number of benzene rings is 2. The van der Waals surface area contributed by atoms with Crippen LogP contribution in [-0.2, 0) is 27.7 Å². The molecule has 4 rings (SSSR count). The molecule has 8 nitrogen and oxygen atoms in total. The highest BCUT2D eigenvalue weighted by Gasteiger charge is 2.28. The number of nitrogens with one attached hydrogen (secondary N) is 2. The minimum Gasteiger partial charge on any atom is -0.355 e. The van der Waals surface area contributed by atoms with Crippen LogP contribution < -0.4 is 15.2 Å². The summed E-state index contributed by atoms with van der Waals surface area (Å²) in [4.78, 5) is 24.1. The first-order valence-corrected chi connectivity index (χ1v) is 10.9. The van der Waals surface area contributed by atoms with E-state index in [9.17, 15) is 18.0 Å². The third-order valence-corrected chi connectivity index (χ3v) is 6.74. The number of carbonyl (C=O) groups is 1. The highest BCUT2D eigenvalue weighted by Crippen LogP contribution is 2.29. The van der Waals surface area contributed by atoms with Gasteiger partial charge in [0.1, 0.15) is 0 Å². The van der Waals surface area contributed by atoms with Crippen molar-refractivity contribution in [3.8, 4) is 0 Å². The summed E-state index contributed by atoms with van der Waals surface area (Å²) in [5.74, 6) is -0.543. The third-order valence-electron chi connectivity index (χ3n) is 4.97. The van der Waals surface area contributed by atoms with E-state index in [4.69, 9.17) is 0 Å². The maximum atomic E-state index is 12.7. The molecule has 150 valence electrons. The quantitative estimate of drug-likeness (QED) is 0.627. The molecule has 0 atom stereocenters. The molecule has 1 aliphatic rings. The van der Waals surface area contributed by atoms with Gasteiger partial charge in [-0.1, -0.05) is 36.4 Å². The Morgan fingerprint density at radius 3 is 2.66 bits per heavy atom. The van der Waals surface area contributed by atoms with E-state index in [1.165, 1.54) is 4.31 Å². The van der Waals surface area contributed by atoms with Gasteiger partial charge in [0.05, 0.1) is 28.9 Å². The molecule has 0 unspecified atom stereocenters. The molecule has 1 aromatic heterocycles. The highest BCUT2D eigenvalue weighted by atomic mass is 32.2. The lowest BCUT2D eigenvalue weighted by atomic mass is 10.1. The van der Waals surface area contributed by atoms with Crippen molar-refractivity contribution in [2.24, 2.45) is 0 Å². The minimum atomic E-state index is -3.53. The Morgan fingerprint density at radius 2 is 1.83 bits per heavy atom. The number of sulfonamides is 1. The second kappa shape index (κ2) is 7.67. The van der Waals surface area contributed by atoms with Crippen molar-refractivity contribution in [2.45, 2.75) is 12.8 Å². The summed E-state index contributed by atoms with van der Waals surface area (Å²) in [5, 5.41) is 10.1. The van der Waals surface area contributed by atoms with E-state index in [1.54, 1.807) is 30.3 Å². The predicted octanol–water partition coefficient (Wildman–Crippen LogP) is 0.974. The summed E-state index contributed by atoms with van der Waals surface area (Å²) in [7, 11) is -3.53. The molecule has 2 heterocycles. The average Bonchev–Trinajstić information content (AvgIpc) is 3.15. The number of carbonyl (C=O) groups excluding carboxylic acids is 1. The Morgan fingerprint density at radius 1 is 1.10 bits per heavy atom. The van der Waals surface area contributed by atoms with Crippen LogP contribution in [0.25, 0.3) is 10.8 Å². The van der Waals surface area contributed by atoms with Crippen molar-refractivity contribution in [1.29, 1.82) is 0 Å². The largest absolute Gasteiger partial charge is 0.355 e. The molecule has 0 aliphatic carbocycles. The number of aromatic nitrogens is 2.